The summed E-state index contributed by atoms with van der Waals surface area (Å²) >= 11 is 5.33. The molecule has 1 saturated heterocycles. The summed E-state index contributed by atoms with van der Waals surface area (Å²) in [6.07, 6.45) is 3.47. The summed E-state index contributed by atoms with van der Waals surface area (Å²) in [6, 6.07) is 1.59. The van der Waals surface area contributed by atoms with Gasteiger partial charge in [0.25, 0.3) is 0 Å². The van der Waals surface area contributed by atoms with Crippen LogP contribution < -0.4 is 10.2 Å². The first-order valence-corrected chi connectivity index (χ1v) is 8.98. The highest BCUT2D eigenvalue weighted by atomic mass is 32.1. The topological polar surface area (TPSA) is 68.4 Å². The minimum absolute atomic E-state index is 0.00642. The normalized spacial score (nSPS) is 20.9. The summed E-state index contributed by atoms with van der Waals surface area (Å²) in [6.45, 7) is 4.47. The van der Waals surface area contributed by atoms with Gasteiger partial charge in [-0.15, -0.1) is 0 Å². The molecular weight excluding hydrogens is 341 g/mol. The highest BCUT2D eigenvalue weighted by Crippen LogP contribution is 2.48. The summed E-state index contributed by atoms with van der Waals surface area (Å²) in [7, 11) is 0. The molecule has 132 valence electrons. The van der Waals surface area contributed by atoms with Crippen LogP contribution >= 0.6 is 12.2 Å². The lowest BCUT2D eigenvalue weighted by molar-refractivity contribution is 0.0696. The van der Waals surface area contributed by atoms with Gasteiger partial charge in [0.05, 0.1) is 21.3 Å². The van der Waals surface area contributed by atoms with Gasteiger partial charge in [-0.1, -0.05) is 12.2 Å². The van der Waals surface area contributed by atoms with Gasteiger partial charge in [0.15, 0.2) is 0 Å². The highest BCUT2D eigenvalue weighted by molar-refractivity contribution is 7.71. The van der Waals surface area contributed by atoms with Crippen LogP contribution in [0.15, 0.2) is 12.3 Å². The second-order valence-electron chi connectivity index (χ2n) is 6.90. The summed E-state index contributed by atoms with van der Waals surface area (Å²) in [4.78, 5) is 16.6. The maximum atomic E-state index is 15.2. The number of aromatic carboxylic acids is 1. The molecule has 2 fully saturated rings. The molecule has 1 aromatic heterocycles. The molecule has 25 heavy (non-hydrogen) atoms. The van der Waals surface area contributed by atoms with E-state index in [0.717, 1.165) is 43.6 Å². The van der Waals surface area contributed by atoms with E-state index in [-0.39, 0.29) is 21.9 Å². The largest absolute Gasteiger partial charge is 0.478 e. The summed E-state index contributed by atoms with van der Waals surface area (Å²) < 4.78 is 15.4. The third-order valence-corrected chi connectivity index (χ3v) is 5.59. The lowest BCUT2D eigenvalue weighted by atomic mass is 9.99. The van der Waals surface area contributed by atoms with Crippen LogP contribution in [-0.2, 0) is 0 Å². The Labute approximate surface area is 149 Å². The number of carbonyl (C=O) groups is 1. The van der Waals surface area contributed by atoms with Gasteiger partial charge < -0.3 is 20.3 Å². The molecule has 0 amide bonds. The number of carboxylic acids is 1. The van der Waals surface area contributed by atoms with Crippen LogP contribution in [0.5, 0.6) is 0 Å². The Morgan fingerprint density at radius 2 is 2.20 bits per heavy atom. The zero-order valence-corrected chi connectivity index (χ0v) is 14.8. The van der Waals surface area contributed by atoms with E-state index < -0.39 is 5.97 Å². The smallest absolute Gasteiger partial charge is 0.338 e. The number of piperazine rings is 1. The quantitative estimate of drug-likeness (QED) is 0.731. The number of nitrogens with zero attached hydrogens (tertiary/aromatic N) is 1. The zero-order chi connectivity index (χ0) is 17.7. The zero-order valence-electron chi connectivity index (χ0n) is 13.9. The number of nitrogens with one attached hydrogen (secondary N) is 2. The molecule has 0 radical (unpaired) electrons. The fraction of sp³-hybridized carbons (Fsp3) is 0.444. The lowest BCUT2D eigenvalue weighted by Gasteiger charge is -2.37. The number of rotatable bonds is 3. The molecule has 2 heterocycles. The number of carboxylic acid groups (broad SMARTS) is 1. The van der Waals surface area contributed by atoms with Gasteiger partial charge in [0.2, 0.25) is 0 Å². The average molecular weight is 361 g/mol. The predicted molar refractivity (Wildman–Crippen MR) is 97.7 cm³/mol. The first-order chi connectivity index (χ1) is 12.0. The molecule has 1 atom stereocenters. The van der Waals surface area contributed by atoms with E-state index in [9.17, 15) is 9.90 Å². The molecule has 7 heteroatoms. The molecule has 1 aliphatic carbocycles. The second-order valence-corrected chi connectivity index (χ2v) is 7.31. The summed E-state index contributed by atoms with van der Waals surface area (Å²) in [5.41, 5.74) is 2.39. The lowest BCUT2D eigenvalue weighted by Crippen LogP contribution is -2.50. The van der Waals surface area contributed by atoms with Crippen molar-refractivity contribution in [2.75, 3.05) is 24.5 Å². The van der Waals surface area contributed by atoms with E-state index in [2.05, 4.69) is 22.1 Å². The fourth-order valence-electron chi connectivity index (χ4n) is 3.74. The second kappa shape index (κ2) is 6.07. The van der Waals surface area contributed by atoms with E-state index in [0.29, 0.717) is 17.0 Å². The van der Waals surface area contributed by atoms with Crippen molar-refractivity contribution in [1.82, 2.24) is 10.3 Å². The van der Waals surface area contributed by atoms with Gasteiger partial charge in [0, 0.05) is 42.8 Å². The Hall–Kier alpha value is -1.99. The third-order valence-electron chi connectivity index (χ3n) is 5.15. The van der Waals surface area contributed by atoms with Gasteiger partial charge in [-0.25, -0.2) is 9.18 Å². The fourth-order valence-corrected chi connectivity index (χ4v) is 4.05. The molecule has 1 aliphatic heterocycles. The molecule has 2 aromatic rings. The van der Waals surface area contributed by atoms with Crippen LogP contribution in [0.4, 0.5) is 10.1 Å². The number of halogens is 1. The Bertz CT molecular complexity index is 923. The first-order valence-electron chi connectivity index (χ1n) is 8.57. The SMILES string of the molecule is CC1CNCCN1c1c(F)cc2c(=S)c(C(=O)O)c[nH]c2c1C1CC1. The van der Waals surface area contributed by atoms with Crippen molar-refractivity contribution in [3.8, 4) is 0 Å². The number of aromatic amines is 1. The summed E-state index contributed by atoms with van der Waals surface area (Å²) in [5.74, 6) is -1.11. The van der Waals surface area contributed by atoms with E-state index in [1.54, 1.807) is 0 Å². The van der Waals surface area contributed by atoms with E-state index in [4.69, 9.17) is 12.2 Å². The maximum Gasteiger partial charge on any atom is 0.338 e. The third kappa shape index (κ3) is 2.71. The van der Waals surface area contributed by atoms with Gasteiger partial charge in [-0.3, -0.25) is 0 Å². The van der Waals surface area contributed by atoms with Crippen LogP contribution in [-0.4, -0.2) is 41.7 Å². The molecule has 3 N–H and O–H groups in total. The van der Waals surface area contributed by atoms with Crippen molar-refractivity contribution in [3.05, 3.63) is 33.7 Å². The number of hydrogen-bond acceptors (Lipinski definition) is 4. The van der Waals surface area contributed by atoms with E-state index in [1.165, 1.54) is 12.3 Å². The van der Waals surface area contributed by atoms with Crippen LogP contribution in [0.3, 0.4) is 0 Å². The highest BCUT2D eigenvalue weighted by Gasteiger charge is 2.34. The Morgan fingerprint density at radius 3 is 2.84 bits per heavy atom. The molecular formula is C18H20FN3O2S. The molecule has 1 saturated carbocycles. The Morgan fingerprint density at radius 1 is 1.44 bits per heavy atom. The number of hydrogen-bond donors (Lipinski definition) is 3. The predicted octanol–water partition coefficient (Wildman–Crippen LogP) is 3.41. The van der Waals surface area contributed by atoms with Crippen molar-refractivity contribution in [2.45, 2.75) is 31.7 Å². The number of H-pyrrole nitrogens is 1. The molecule has 4 rings (SSSR count). The van der Waals surface area contributed by atoms with Crippen molar-refractivity contribution >= 4 is 34.8 Å². The molecule has 5 nitrogen and oxygen atoms in total. The molecule has 0 spiro atoms. The van der Waals surface area contributed by atoms with Crippen molar-refractivity contribution in [3.63, 3.8) is 0 Å². The van der Waals surface area contributed by atoms with Gasteiger partial charge in [0.1, 0.15) is 5.82 Å². The minimum Gasteiger partial charge on any atom is -0.478 e. The Balaban J connectivity index is 1.99. The number of benzene rings is 1. The average Bonchev–Trinajstić information content (AvgIpc) is 3.40. The molecule has 0 bridgehead atoms. The molecule has 1 aromatic carbocycles. The maximum absolute atomic E-state index is 15.2. The van der Waals surface area contributed by atoms with Crippen LogP contribution in [0.25, 0.3) is 10.9 Å². The Kier molecular flexibility index (Phi) is 4.00. The monoisotopic (exact) mass is 361 g/mol. The van der Waals surface area contributed by atoms with Crippen LogP contribution in [0, 0.1) is 10.3 Å². The van der Waals surface area contributed by atoms with E-state index >= 15 is 4.39 Å². The number of pyridine rings is 1. The van der Waals surface area contributed by atoms with Gasteiger partial charge >= 0.3 is 5.97 Å². The molecule has 2 aliphatic rings. The minimum atomic E-state index is -1.10. The van der Waals surface area contributed by atoms with Gasteiger partial charge in [-0.2, -0.15) is 0 Å². The van der Waals surface area contributed by atoms with E-state index in [1.807, 2.05) is 0 Å². The van der Waals surface area contributed by atoms with Crippen molar-refractivity contribution in [2.24, 2.45) is 0 Å². The van der Waals surface area contributed by atoms with Crippen LogP contribution in [0.2, 0.25) is 0 Å². The first kappa shape index (κ1) is 16.5. The van der Waals surface area contributed by atoms with Crippen LogP contribution in [0.1, 0.15) is 41.6 Å². The standard InChI is InChI=1S/C18H20FN3O2S/c1-9-7-20-4-5-22(9)16-13(19)6-11-15(14(16)10-2-3-10)21-8-12(17(11)25)18(23)24/h6,8-10,20H,2-5,7H2,1H3,(H,21,25)(H,23,24). The molecule has 1 unspecified atom stereocenters. The number of fused-ring (bicyclic) bond motifs is 1. The van der Waals surface area contributed by atoms with Crippen molar-refractivity contribution < 1.29 is 14.3 Å². The summed E-state index contributed by atoms with van der Waals surface area (Å²) in [5, 5.41) is 13.1. The van der Waals surface area contributed by atoms with Crippen molar-refractivity contribution in [1.29, 1.82) is 0 Å². The number of anilines is 1. The van der Waals surface area contributed by atoms with Gasteiger partial charge in [-0.05, 0) is 31.7 Å². The number of aromatic nitrogens is 1.